The zero-order valence-electron chi connectivity index (χ0n) is 24.8. The van der Waals surface area contributed by atoms with Crippen molar-refractivity contribution in [3.63, 3.8) is 0 Å². The van der Waals surface area contributed by atoms with Crippen LogP contribution in [-0.2, 0) is 24.2 Å². The number of rotatable bonds is 8. The second-order valence-electron chi connectivity index (χ2n) is 12.0. The van der Waals surface area contributed by atoms with Crippen molar-refractivity contribution in [1.82, 2.24) is 24.7 Å². The van der Waals surface area contributed by atoms with Crippen molar-refractivity contribution in [1.29, 1.82) is 5.26 Å². The number of nitrogens with zero attached hydrogens (tertiary/aromatic N) is 7. The van der Waals surface area contributed by atoms with E-state index in [0.29, 0.717) is 32.2 Å². The molecule has 1 saturated heterocycles. The fourth-order valence-corrected chi connectivity index (χ4v) is 5.35. The van der Waals surface area contributed by atoms with Crippen LogP contribution in [0.25, 0.3) is 0 Å². The summed E-state index contributed by atoms with van der Waals surface area (Å²) < 4.78 is 11.9. The molecule has 10 heteroatoms. The number of carbonyl (C=O) groups excluding carboxylic acids is 1. The number of aromatic nitrogens is 2. The van der Waals surface area contributed by atoms with Crippen LogP contribution in [-0.4, -0.2) is 95.3 Å². The molecular formula is C30H43N7O3. The van der Waals surface area contributed by atoms with E-state index in [2.05, 4.69) is 45.0 Å². The molecule has 2 aliphatic heterocycles. The highest BCUT2D eigenvalue weighted by Crippen LogP contribution is 2.31. The van der Waals surface area contributed by atoms with Crippen molar-refractivity contribution >= 4 is 11.9 Å². The smallest absolute Gasteiger partial charge is 0.410 e. The van der Waals surface area contributed by atoms with Gasteiger partial charge in [-0.15, -0.1) is 0 Å². The van der Waals surface area contributed by atoms with Crippen molar-refractivity contribution in [2.45, 2.75) is 71.4 Å². The van der Waals surface area contributed by atoms with Crippen LogP contribution in [0.2, 0.25) is 0 Å². The predicted molar refractivity (Wildman–Crippen MR) is 154 cm³/mol. The van der Waals surface area contributed by atoms with Gasteiger partial charge in [0, 0.05) is 51.4 Å². The van der Waals surface area contributed by atoms with Gasteiger partial charge >= 0.3 is 12.1 Å². The van der Waals surface area contributed by atoms with Gasteiger partial charge in [0.15, 0.2) is 0 Å². The van der Waals surface area contributed by atoms with Gasteiger partial charge < -0.3 is 24.2 Å². The van der Waals surface area contributed by atoms with Crippen LogP contribution >= 0.6 is 0 Å². The first-order valence-electron chi connectivity index (χ1n) is 14.1. The molecule has 0 bridgehead atoms. The molecule has 1 aromatic heterocycles. The molecule has 0 saturated carbocycles. The lowest BCUT2D eigenvalue weighted by Crippen LogP contribution is -2.56. The molecule has 1 unspecified atom stereocenters. The van der Waals surface area contributed by atoms with Crippen LogP contribution < -0.4 is 9.64 Å². The maximum atomic E-state index is 12.9. The van der Waals surface area contributed by atoms with Crippen LogP contribution in [0.1, 0.15) is 50.9 Å². The van der Waals surface area contributed by atoms with Crippen LogP contribution in [0.3, 0.4) is 0 Å². The Morgan fingerprint density at radius 1 is 1.18 bits per heavy atom. The van der Waals surface area contributed by atoms with Crippen molar-refractivity contribution in [3.05, 3.63) is 47.2 Å². The van der Waals surface area contributed by atoms with Crippen LogP contribution in [0, 0.1) is 11.3 Å². The van der Waals surface area contributed by atoms with Gasteiger partial charge in [-0.25, -0.2) is 4.79 Å². The SMILES string of the molecule is C[C@H](CN(C)C)Oc1nc2c(c(N3CCN(C(=O)OC(C)(C)C)C(CC#N)C3)n1)CCN(Cc1ccccc1)C2. The number of amides is 1. The van der Waals surface area contributed by atoms with E-state index in [1.54, 1.807) is 4.90 Å². The summed E-state index contributed by atoms with van der Waals surface area (Å²) in [7, 11) is 4.03. The van der Waals surface area contributed by atoms with Gasteiger partial charge in [-0.2, -0.15) is 15.2 Å². The lowest BCUT2D eigenvalue weighted by molar-refractivity contribution is 0.0144. The average Bonchev–Trinajstić information content (AvgIpc) is 2.87. The lowest BCUT2D eigenvalue weighted by atomic mass is 10.0. The third kappa shape index (κ3) is 7.83. The van der Waals surface area contributed by atoms with E-state index < -0.39 is 5.60 Å². The Bertz CT molecular complexity index is 1190. The minimum absolute atomic E-state index is 0.0831. The molecule has 0 radical (unpaired) electrons. The summed E-state index contributed by atoms with van der Waals surface area (Å²) in [4.78, 5) is 31.1. The molecular weight excluding hydrogens is 506 g/mol. The summed E-state index contributed by atoms with van der Waals surface area (Å²) in [6, 6.07) is 12.8. The highest BCUT2D eigenvalue weighted by atomic mass is 16.6. The summed E-state index contributed by atoms with van der Waals surface area (Å²) in [5.41, 5.74) is 2.77. The monoisotopic (exact) mass is 549 g/mol. The third-order valence-electron chi connectivity index (χ3n) is 7.02. The quantitative estimate of drug-likeness (QED) is 0.488. The fourth-order valence-electron chi connectivity index (χ4n) is 5.35. The minimum atomic E-state index is -0.599. The van der Waals surface area contributed by atoms with Gasteiger partial charge in [-0.1, -0.05) is 30.3 Å². The van der Waals surface area contributed by atoms with Gasteiger partial charge in [0.25, 0.3) is 0 Å². The maximum absolute atomic E-state index is 12.9. The van der Waals surface area contributed by atoms with Gasteiger partial charge in [0.2, 0.25) is 0 Å². The van der Waals surface area contributed by atoms with Crippen LogP contribution in [0.5, 0.6) is 6.01 Å². The first-order chi connectivity index (χ1) is 19.0. The predicted octanol–water partition coefficient (Wildman–Crippen LogP) is 3.70. The lowest BCUT2D eigenvalue weighted by Gasteiger charge is -2.42. The third-order valence-corrected chi connectivity index (χ3v) is 7.02. The van der Waals surface area contributed by atoms with Gasteiger partial charge in [-0.05, 0) is 53.8 Å². The number of nitriles is 1. The Morgan fingerprint density at radius 2 is 1.93 bits per heavy atom. The Balaban J connectivity index is 1.60. The number of likely N-dealkylation sites (N-methyl/N-ethyl adjacent to an activating group) is 1. The van der Waals surface area contributed by atoms with Crippen molar-refractivity contribution in [2.24, 2.45) is 0 Å². The topological polar surface area (TPSA) is 98.1 Å². The zero-order chi connectivity index (χ0) is 28.9. The van der Waals surface area contributed by atoms with E-state index in [0.717, 1.165) is 43.1 Å². The molecule has 10 nitrogen and oxygen atoms in total. The van der Waals surface area contributed by atoms with Crippen LogP contribution in [0.4, 0.5) is 10.6 Å². The average molecular weight is 550 g/mol. The second kappa shape index (κ2) is 12.8. The summed E-state index contributed by atoms with van der Waals surface area (Å²) in [5.74, 6) is 0.850. The molecule has 0 N–H and O–H groups in total. The Hall–Kier alpha value is -3.42. The molecule has 1 fully saturated rings. The molecule has 0 aliphatic carbocycles. The van der Waals surface area contributed by atoms with E-state index in [4.69, 9.17) is 19.4 Å². The Labute approximate surface area is 238 Å². The molecule has 2 aromatic rings. The number of hydrogen-bond donors (Lipinski definition) is 0. The number of piperazine rings is 1. The number of hydrogen-bond acceptors (Lipinski definition) is 9. The van der Waals surface area contributed by atoms with Crippen molar-refractivity contribution in [2.75, 3.05) is 51.7 Å². The molecule has 40 heavy (non-hydrogen) atoms. The maximum Gasteiger partial charge on any atom is 0.410 e. The molecule has 2 atom stereocenters. The number of fused-ring (bicyclic) bond motifs is 1. The number of carbonyl (C=O) groups is 1. The molecule has 3 heterocycles. The largest absolute Gasteiger partial charge is 0.459 e. The van der Waals surface area contributed by atoms with Crippen LogP contribution in [0.15, 0.2) is 30.3 Å². The van der Waals surface area contributed by atoms with E-state index in [1.807, 2.05) is 47.9 Å². The highest BCUT2D eigenvalue weighted by Gasteiger charge is 2.36. The standard InChI is InChI=1S/C30H43N7O3/c1-22(18-34(5)6)39-28-32-26-21-35(19-23-10-8-7-9-11-23)15-13-25(26)27(33-28)36-16-17-37(24(20-36)12-14-31)29(38)40-30(2,3)4/h7-11,22,24H,12-13,15-21H2,1-6H3/t22-,24?/m1/s1. The summed E-state index contributed by atoms with van der Waals surface area (Å²) in [5, 5.41) is 9.56. The van der Waals surface area contributed by atoms with Crippen molar-refractivity contribution in [3.8, 4) is 12.1 Å². The molecule has 1 amide bonds. The van der Waals surface area contributed by atoms with Gasteiger partial charge in [-0.3, -0.25) is 4.90 Å². The first kappa shape index (κ1) is 29.6. The Morgan fingerprint density at radius 3 is 2.60 bits per heavy atom. The van der Waals surface area contributed by atoms with Crippen molar-refractivity contribution < 1.29 is 14.3 Å². The van der Waals surface area contributed by atoms with E-state index in [9.17, 15) is 10.1 Å². The molecule has 0 spiro atoms. The first-order valence-corrected chi connectivity index (χ1v) is 14.1. The minimum Gasteiger partial charge on any atom is -0.459 e. The summed E-state index contributed by atoms with van der Waals surface area (Å²) in [6.07, 6.45) is 0.576. The fraction of sp³-hybridized carbons (Fsp3) is 0.600. The van der Waals surface area contributed by atoms with E-state index >= 15 is 0 Å². The Kier molecular flexibility index (Phi) is 9.48. The second-order valence-corrected chi connectivity index (χ2v) is 12.0. The number of ether oxygens (including phenoxy) is 2. The summed E-state index contributed by atoms with van der Waals surface area (Å²) >= 11 is 0. The molecule has 1 aromatic carbocycles. The highest BCUT2D eigenvalue weighted by molar-refractivity contribution is 5.69. The van der Waals surface area contributed by atoms with Gasteiger partial charge in [0.1, 0.15) is 17.5 Å². The van der Waals surface area contributed by atoms with E-state index in [1.165, 1.54) is 5.56 Å². The molecule has 216 valence electrons. The molecule has 4 rings (SSSR count). The van der Waals surface area contributed by atoms with Gasteiger partial charge in [0.05, 0.1) is 24.2 Å². The molecule has 2 aliphatic rings. The number of benzene rings is 1. The zero-order valence-corrected chi connectivity index (χ0v) is 24.8. The normalized spacial score (nSPS) is 18.7. The number of anilines is 1. The van der Waals surface area contributed by atoms with E-state index in [-0.39, 0.29) is 24.7 Å². The summed E-state index contributed by atoms with van der Waals surface area (Å²) in [6.45, 7) is 12.3.